The van der Waals surface area contributed by atoms with Crippen molar-refractivity contribution < 1.29 is 27.0 Å². The summed E-state index contributed by atoms with van der Waals surface area (Å²) in [5.41, 5.74) is 0.170. The van der Waals surface area contributed by atoms with Crippen molar-refractivity contribution in [1.82, 2.24) is 0 Å². The summed E-state index contributed by atoms with van der Waals surface area (Å²) in [4.78, 5) is 0. The van der Waals surface area contributed by atoms with Gasteiger partial charge < -0.3 is 9.47 Å². The molecule has 2 fully saturated rings. The molecule has 0 unspecified atom stereocenters. The zero-order chi connectivity index (χ0) is 17.2. The van der Waals surface area contributed by atoms with E-state index in [2.05, 4.69) is 4.74 Å². The van der Waals surface area contributed by atoms with Gasteiger partial charge in [0.15, 0.2) is 11.6 Å². The van der Waals surface area contributed by atoms with Gasteiger partial charge in [0.2, 0.25) is 5.75 Å². The van der Waals surface area contributed by atoms with Crippen LogP contribution in [0.4, 0.5) is 17.6 Å². The smallest absolute Gasteiger partial charge is 0.489 e. The second-order valence-electron chi connectivity index (χ2n) is 6.49. The van der Waals surface area contributed by atoms with Crippen LogP contribution in [-0.2, 0) is 6.42 Å². The molecule has 0 saturated heterocycles. The Balaban J connectivity index is 1.75. The van der Waals surface area contributed by atoms with Crippen molar-refractivity contribution in [1.29, 1.82) is 0 Å². The number of alkyl halides is 3. The molecule has 0 heterocycles. The highest BCUT2D eigenvalue weighted by Gasteiger charge is 2.35. The van der Waals surface area contributed by atoms with E-state index in [0.29, 0.717) is 11.8 Å². The molecule has 0 radical (unpaired) electrons. The first-order chi connectivity index (χ1) is 11.4. The molecule has 0 spiro atoms. The van der Waals surface area contributed by atoms with Crippen LogP contribution in [0.5, 0.6) is 11.5 Å². The van der Waals surface area contributed by atoms with E-state index in [1.54, 1.807) is 0 Å². The maximum absolute atomic E-state index is 14.5. The van der Waals surface area contributed by atoms with Gasteiger partial charge in [-0.3, -0.25) is 0 Å². The van der Waals surface area contributed by atoms with Crippen molar-refractivity contribution in [3.63, 3.8) is 0 Å². The summed E-state index contributed by atoms with van der Waals surface area (Å²) >= 11 is 0. The molecule has 0 aliphatic heterocycles. The molecule has 24 heavy (non-hydrogen) atoms. The zero-order valence-electron chi connectivity index (χ0n) is 13.2. The normalized spacial score (nSPS) is 18.7. The third-order valence-electron chi connectivity index (χ3n) is 4.43. The molecule has 1 aromatic rings. The van der Waals surface area contributed by atoms with E-state index >= 15 is 0 Å². The zero-order valence-corrected chi connectivity index (χ0v) is 13.2. The van der Waals surface area contributed by atoms with Crippen LogP contribution in [0.2, 0.25) is 0 Å². The van der Waals surface area contributed by atoms with E-state index < -0.39 is 17.9 Å². The monoisotopic (exact) mass is 344 g/mol. The molecule has 2 nitrogen and oxygen atoms in total. The Labute approximate surface area is 138 Å². The summed E-state index contributed by atoms with van der Waals surface area (Å²) in [6, 6.07) is 2.82. The molecule has 0 bridgehead atoms. The lowest BCUT2D eigenvalue weighted by Gasteiger charge is -2.21. The second kappa shape index (κ2) is 7.03. The van der Waals surface area contributed by atoms with Crippen LogP contribution in [0, 0.1) is 17.7 Å². The van der Waals surface area contributed by atoms with E-state index in [1.807, 2.05) is 12.2 Å². The SMILES string of the molecule is Fc1c(C/C=C/C2CCC2)ccc(OCC2CC2)c1OC(F)(F)F. The number of ether oxygens (including phenoxy) is 2. The lowest BCUT2D eigenvalue weighted by atomic mass is 9.85. The van der Waals surface area contributed by atoms with Crippen molar-refractivity contribution in [2.24, 2.45) is 11.8 Å². The average molecular weight is 344 g/mol. The first kappa shape index (κ1) is 17.1. The average Bonchev–Trinajstić information content (AvgIpc) is 3.27. The van der Waals surface area contributed by atoms with Crippen LogP contribution in [0.1, 0.15) is 37.7 Å². The van der Waals surface area contributed by atoms with E-state index in [9.17, 15) is 17.6 Å². The third kappa shape index (κ3) is 4.65. The molecule has 0 N–H and O–H groups in total. The molecule has 0 atom stereocenters. The van der Waals surface area contributed by atoms with Crippen LogP contribution >= 0.6 is 0 Å². The van der Waals surface area contributed by atoms with Gasteiger partial charge in [0.1, 0.15) is 0 Å². The van der Waals surface area contributed by atoms with Gasteiger partial charge in [-0.1, -0.05) is 24.6 Å². The lowest BCUT2D eigenvalue weighted by molar-refractivity contribution is -0.276. The topological polar surface area (TPSA) is 18.5 Å². The minimum absolute atomic E-state index is 0.170. The van der Waals surface area contributed by atoms with Gasteiger partial charge in [0.25, 0.3) is 0 Å². The highest BCUT2D eigenvalue weighted by Crippen LogP contribution is 2.38. The molecule has 1 aromatic carbocycles. The summed E-state index contributed by atoms with van der Waals surface area (Å²) in [5.74, 6) is -1.20. The van der Waals surface area contributed by atoms with Gasteiger partial charge in [-0.2, -0.15) is 0 Å². The number of allylic oxidation sites excluding steroid dienone is 2. The van der Waals surface area contributed by atoms with Crippen molar-refractivity contribution in [2.45, 2.75) is 44.9 Å². The summed E-state index contributed by atoms with van der Waals surface area (Å²) in [6.07, 6.45) is 4.50. The van der Waals surface area contributed by atoms with Crippen molar-refractivity contribution in [3.05, 3.63) is 35.7 Å². The molecule has 2 aliphatic rings. The van der Waals surface area contributed by atoms with E-state index in [4.69, 9.17) is 4.74 Å². The highest BCUT2D eigenvalue weighted by atomic mass is 19.4. The minimum atomic E-state index is -4.96. The molecule has 2 saturated carbocycles. The van der Waals surface area contributed by atoms with Crippen molar-refractivity contribution >= 4 is 0 Å². The fraction of sp³-hybridized carbons (Fsp3) is 0.556. The van der Waals surface area contributed by atoms with Crippen molar-refractivity contribution in [2.75, 3.05) is 6.61 Å². The molecule has 3 rings (SSSR count). The fourth-order valence-electron chi connectivity index (χ4n) is 2.57. The maximum Gasteiger partial charge on any atom is 0.573 e. The number of benzene rings is 1. The first-order valence-electron chi connectivity index (χ1n) is 8.29. The predicted molar refractivity (Wildman–Crippen MR) is 81.5 cm³/mol. The van der Waals surface area contributed by atoms with Crippen LogP contribution in [-0.4, -0.2) is 13.0 Å². The molecule has 2 aliphatic carbocycles. The largest absolute Gasteiger partial charge is 0.573 e. The van der Waals surface area contributed by atoms with E-state index in [1.165, 1.54) is 18.6 Å². The van der Waals surface area contributed by atoms with Crippen LogP contribution in [0.15, 0.2) is 24.3 Å². The van der Waals surface area contributed by atoms with E-state index in [-0.39, 0.29) is 24.3 Å². The first-order valence-corrected chi connectivity index (χ1v) is 8.29. The Morgan fingerprint density at radius 2 is 1.88 bits per heavy atom. The van der Waals surface area contributed by atoms with Gasteiger partial charge in [0, 0.05) is 0 Å². The standard InChI is InChI=1S/C18H20F4O2/c19-16-14(6-2-5-12-3-1-4-12)9-10-15(23-11-13-7-8-13)17(16)24-18(20,21)22/h2,5,9-10,12-13H,1,3-4,6-8,11H2/b5-2+. The summed E-state index contributed by atoms with van der Waals surface area (Å²) in [6.45, 7) is 0.286. The Bertz CT molecular complexity index is 602. The number of rotatable bonds is 7. The van der Waals surface area contributed by atoms with Gasteiger partial charge in [-0.15, -0.1) is 13.2 Å². The molecular formula is C18H20F4O2. The summed E-state index contributed by atoms with van der Waals surface area (Å²) in [5, 5.41) is 0. The van der Waals surface area contributed by atoms with Crippen molar-refractivity contribution in [3.8, 4) is 11.5 Å². The quantitative estimate of drug-likeness (QED) is 0.486. The lowest BCUT2D eigenvalue weighted by Crippen LogP contribution is -2.19. The summed E-state index contributed by atoms with van der Waals surface area (Å²) in [7, 11) is 0. The molecule has 6 heteroatoms. The molecule has 132 valence electrons. The predicted octanol–water partition coefficient (Wildman–Crippen LogP) is 5.41. The second-order valence-corrected chi connectivity index (χ2v) is 6.49. The Hall–Kier alpha value is -1.72. The Kier molecular flexibility index (Phi) is 5.01. The number of hydrogen-bond acceptors (Lipinski definition) is 2. The molecule has 0 aromatic heterocycles. The maximum atomic E-state index is 14.5. The van der Waals surface area contributed by atoms with Gasteiger partial charge in [-0.05, 0) is 55.6 Å². The van der Waals surface area contributed by atoms with Gasteiger partial charge in [0.05, 0.1) is 6.61 Å². The van der Waals surface area contributed by atoms with Crippen LogP contribution in [0.25, 0.3) is 0 Å². The number of hydrogen-bond donors (Lipinski definition) is 0. The van der Waals surface area contributed by atoms with E-state index in [0.717, 1.165) is 25.7 Å². The fourth-order valence-corrected chi connectivity index (χ4v) is 2.57. The minimum Gasteiger partial charge on any atom is -0.489 e. The molecular weight excluding hydrogens is 324 g/mol. The Morgan fingerprint density at radius 3 is 2.46 bits per heavy atom. The molecule has 0 amide bonds. The van der Waals surface area contributed by atoms with Gasteiger partial charge >= 0.3 is 6.36 Å². The Morgan fingerprint density at radius 1 is 1.12 bits per heavy atom. The van der Waals surface area contributed by atoms with Gasteiger partial charge in [-0.25, -0.2) is 4.39 Å². The van der Waals surface area contributed by atoms with Crippen LogP contribution in [0.3, 0.4) is 0 Å². The summed E-state index contributed by atoms with van der Waals surface area (Å²) < 4.78 is 61.5. The highest BCUT2D eigenvalue weighted by molar-refractivity contribution is 5.45. The van der Waals surface area contributed by atoms with Crippen LogP contribution < -0.4 is 9.47 Å². The number of halogens is 4. The third-order valence-corrected chi connectivity index (χ3v) is 4.43.